The van der Waals surface area contributed by atoms with Gasteiger partial charge in [0.2, 0.25) is 0 Å². The highest BCUT2D eigenvalue weighted by Crippen LogP contribution is 2.32. The van der Waals surface area contributed by atoms with E-state index in [0.717, 1.165) is 0 Å². The highest BCUT2D eigenvalue weighted by atomic mass is 35.5. The third kappa shape index (κ3) is 5.69. The molecule has 1 atom stereocenters. The van der Waals surface area contributed by atoms with Crippen LogP contribution in [0.3, 0.4) is 0 Å². The molecule has 1 heterocycles. The summed E-state index contributed by atoms with van der Waals surface area (Å²) in [6.07, 6.45) is 1.36. The van der Waals surface area contributed by atoms with Gasteiger partial charge in [0.15, 0.2) is 0 Å². The smallest absolute Gasteiger partial charge is 0.337 e. The Morgan fingerprint density at radius 3 is 2.67 bits per heavy atom. The second-order valence-corrected chi connectivity index (χ2v) is 9.56. The van der Waals surface area contributed by atoms with E-state index in [1.807, 2.05) is 4.90 Å². The summed E-state index contributed by atoms with van der Waals surface area (Å²) in [6.45, 7) is 2.91. The van der Waals surface area contributed by atoms with E-state index in [-0.39, 0.29) is 45.4 Å². The number of anilines is 2. The molecular formula is C22H25ClN2O7S. The fraction of sp³-hybridized carbons (Fsp3) is 0.364. The first-order valence-electron chi connectivity index (χ1n) is 10.3. The van der Waals surface area contributed by atoms with Crippen molar-refractivity contribution < 1.29 is 32.6 Å². The maximum atomic E-state index is 12.9. The number of piperidine rings is 1. The Morgan fingerprint density at radius 1 is 1.24 bits per heavy atom. The van der Waals surface area contributed by atoms with Crippen molar-refractivity contribution in [3.8, 4) is 5.75 Å². The summed E-state index contributed by atoms with van der Waals surface area (Å²) in [6, 6.07) is 8.44. The number of benzene rings is 2. The third-order valence-corrected chi connectivity index (χ3v) is 6.91. The average Bonchev–Trinajstić information content (AvgIpc) is 2.79. The van der Waals surface area contributed by atoms with Crippen molar-refractivity contribution in [2.75, 3.05) is 36.4 Å². The lowest BCUT2D eigenvalue weighted by atomic mass is 9.97. The van der Waals surface area contributed by atoms with Crippen LogP contribution in [0.15, 0.2) is 41.3 Å². The molecule has 2 aromatic rings. The zero-order valence-corrected chi connectivity index (χ0v) is 19.8. The molecule has 2 aromatic carbocycles. The van der Waals surface area contributed by atoms with E-state index in [2.05, 4.69) is 4.72 Å². The molecule has 0 saturated carbocycles. The molecule has 0 amide bonds. The van der Waals surface area contributed by atoms with Crippen LogP contribution >= 0.6 is 11.6 Å². The number of ether oxygens (including phenoxy) is 2. The van der Waals surface area contributed by atoms with Crippen LogP contribution in [-0.4, -0.2) is 52.3 Å². The number of nitrogens with one attached hydrogen (secondary N) is 1. The maximum absolute atomic E-state index is 12.9. The molecule has 3 rings (SSSR count). The highest BCUT2D eigenvalue weighted by Gasteiger charge is 2.29. The largest absolute Gasteiger partial charge is 0.495 e. The Morgan fingerprint density at radius 2 is 2.00 bits per heavy atom. The number of halogens is 1. The minimum absolute atomic E-state index is 0.0668. The molecule has 1 aliphatic heterocycles. The minimum atomic E-state index is -4.11. The zero-order valence-electron chi connectivity index (χ0n) is 18.2. The van der Waals surface area contributed by atoms with Crippen LogP contribution in [0.1, 0.15) is 30.1 Å². The molecule has 0 aliphatic carbocycles. The number of esters is 1. The maximum Gasteiger partial charge on any atom is 0.337 e. The van der Waals surface area contributed by atoms with Gasteiger partial charge in [0.1, 0.15) is 10.6 Å². The molecule has 1 aliphatic rings. The lowest BCUT2D eigenvalue weighted by Crippen LogP contribution is -2.40. The monoisotopic (exact) mass is 496 g/mol. The van der Waals surface area contributed by atoms with Crippen molar-refractivity contribution in [3.63, 3.8) is 0 Å². The van der Waals surface area contributed by atoms with Crippen molar-refractivity contribution in [1.82, 2.24) is 0 Å². The highest BCUT2D eigenvalue weighted by molar-refractivity contribution is 7.92. The summed E-state index contributed by atoms with van der Waals surface area (Å²) in [4.78, 5) is 25.8. The first-order chi connectivity index (χ1) is 15.7. The molecule has 1 fully saturated rings. The third-order valence-electron chi connectivity index (χ3n) is 5.28. The van der Waals surface area contributed by atoms with Crippen molar-refractivity contribution >= 4 is 44.9 Å². The zero-order chi connectivity index (χ0) is 24.2. The molecule has 0 aromatic heterocycles. The number of hydrogen-bond acceptors (Lipinski definition) is 7. The summed E-state index contributed by atoms with van der Waals surface area (Å²) in [5.74, 6) is -1.78. The Balaban J connectivity index is 1.90. The SMILES string of the molecule is CCOC(=O)[C@H]1CCCN(c2ccc(NS(=O)(=O)c3cc(Cl)ccc3OC)cc2C(=O)O)C1. The predicted molar refractivity (Wildman–Crippen MR) is 124 cm³/mol. The van der Waals surface area contributed by atoms with E-state index in [1.165, 1.54) is 43.5 Å². The number of aromatic carboxylic acids is 1. The number of rotatable bonds is 8. The van der Waals surface area contributed by atoms with Gasteiger partial charge in [-0.05, 0) is 56.2 Å². The molecule has 0 spiro atoms. The Labute approximate surface area is 197 Å². The Bertz CT molecular complexity index is 1150. The molecule has 0 unspecified atom stereocenters. The number of hydrogen-bond donors (Lipinski definition) is 2. The van der Waals surface area contributed by atoms with Crippen LogP contribution in [0.5, 0.6) is 5.75 Å². The molecular weight excluding hydrogens is 472 g/mol. The number of carboxylic acid groups (broad SMARTS) is 1. The predicted octanol–water partition coefficient (Wildman–Crippen LogP) is 3.63. The van der Waals surface area contributed by atoms with Gasteiger partial charge in [-0.2, -0.15) is 0 Å². The van der Waals surface area contributed by atoms with Crippen molar-refractivity contribution in [3.05, 3.63) is 47.0 Å². The summed E-state index contributed by atoms with van der Waals surface area (Å²) in [7, 11) is -2.78. The minimum Gasteiger partial charge on any atom is -0.495 e. The van der Waals surface area contributed by atoms with E-state index in [1.54, 1.807) is 6.92 Å². The fourth-order valence-electron chi connectivity index (χ4n) is 3.77. The van der Waals surface area contributed by atoms with E-state index in [9.17, 15) is 23.1 Å². The Hall–Kier alpha value is -2.98. The van der Waals surface area contributed by atoms with Gasteiger partial charge in [0.25, 0.3) is 10.0 Å². The molecule has 0 bridgehead atoms. The first-order valence-corrected chi connectivity index (χ1v) is 12.2. The van der Waals surface area contributed by atoms with E-state index >= 15 is 0 Å². The van der Waals surface area contributed by atoms with E-state index < -0.39 is 16.0 Å². The van der Waals surface area contributed by atoms with Gasteiger partial charge in [0, 0.05) is 23.8 Å². The van der Waals surface area contributed by atoms with Crippen molar-refractivity contribution in [1.29, 1.82) is 0 Å². The normalized spacial score (nSPS) is 16.2. The first kappa shape index (κ1) is 24.7. The van der Waals surface area contributed by atoms with Crippen molar-refractivity contribution in [2.45, 2.75) is 24.7 Å². The summed E-state index contributed by atoms with van der Waals surface area (Å²) in [5.41, 5.74) is 0.384. The van der Waals surface area contributed by atoms with Crippen LogP contribution < -0.4 is 14.4 Å². The second-order valence-electron chi connectivity index (χ2n) is 7.47. The van der Waals surface area contributed by atoms with Gasteiger partial charge in [-0.15, -0.1) is 0 Å². The summed E-state index contributed by atoms with van der Waals surface area (Å²) < 4.78 is 38.5. The number of carbonyl (C=O) groups excluding carboxylic acids is 1. The second kappa shape index (κ2) is 10.3. The number of carboxylic acids is 1. The number of carbonyl (C=O) groups is 2. The van der Waals surface area contributed by atoms with Crippen LogP contribution in [0.25, 0.3) is 0 Å². The van der Waals surface area contributed by atoms with Crippen molar-refractivity contribution in [2.24, 2.45) is 5.92 Å². The molecule has 178 valence electrons. The van der Waals surface area contributed by atoms with Gasteiger partial charge >= 0.3 is 11.9 Å². The van der Waals surface area contributed by atoms with Crippen LogP contribution in [-0.2, 0) is 19.6 Å². The molecule has 0 radical (unpaired) electrons. The van der Waals surface area contributed by atoms with Crippen LogP contribution in [0.4, 0.5) is 11.4 Å². The standard InChI is InChI=1S/C22H25ClN2O7S/c1-3-32-22(28)14-5-4-10-25(13-14)18-8-7-16(12-17(18)21(26)27)24-33(29,30)20-11-15(23)6-9-19(20)31-2/h6-9,11-12,14,24H,3-5,10,13H2,1-2H3,(H,26,27)/t14-/m0/s1. The van der Waals surface area contributed by atoms with Gasteiger partial charge in [-0.3, -0.25) is 9.52 Å². The van der Waals surface area contributed by atoms with Gasteiger partial charge in [-0.1, -0.05) is 11.6 Å². The Kier molecular flexibility index (Phi) is 7.70. The molecule has 2 N–H and O–H groups in total. The van der Waals surface area contributed by atoms with Crippen LogP contribution in [0.2, 0.25) is 5.02 Å². The fourth-order valence-corrected chi connectivity index (χ4v) is 5.25. The number of sulfonamides is 1. The number of methoxy groups -OCH3 is 1. The summed E-state index contributed by atoms with van der Waals surface area (Å²) in [5, 5.41) is 9.99. The average molecular weight is 497 g/mol. The van der Waals surface area contributed by atoms with E-state index in [0.29, 0.717) is 31.6 Å². The topological polar surface area (TPSA) is 122 Å². The summed E-state index contributed by atoms with van der Waals surface area (Å²) >= 11 is 5.95. The molecule has 11 heteroatoms. The van der Waals surface area contributed by atoms with Gasteiger partial charge < -0.3 is 19.5 Å². The van der Waals surface area contributed by atoms with Gasteiger partial charge in [-0.25, -0.2) is 13.2 Å². The number of nitrogens with zero attached hydrogens (tertiary/aromatic N) is 1. The van der Waals surface area contributed by atoms with Crippen LogP contribution in [0, 0.1) is 5.92 Å². The van der Waals surface area contributed by atoms with E-state index in [4.69, 9.17) is 21.1 Å². The molecule has 33 heavy (non-hydrogen) atoms. The van der Waals surface area contributed by atoms with Gasteiger partial charge in [0.05, 0.1) is 30.9 Å². The quantitative estimate of drug-likeness (QED) is 0.531. The lowest BCUT2D eigenvalue weighted by Gasteiger charge is -2.34. The molecule has 9 nitrogen and oxygen atoms in total. The molecule has 1 saturated heterocycles. The lowest BCUT2D eigenvalue weighted by molar-refractivity contribution is -0.148.